The summed E-state index contributed by atoms with van der Waals surface area (Å²) in [4.78, 5) is 16.8. The lowest BCUT2D eigenvalue weighted by atomic mass is 10.2. The van der Waals surface area contributed by atoms with Gasteiger partial charge < -0.3 is 5.32 Å². The van der Waals surface area contributed by atoms with Gasteiger partial charge in [-0.25, -0.2) is 22.8 Å². The summed E-state index contributed by atoms with van der Waals surface area (Å²) in [6.45, 7) is 0. The third-order valence-corrected chi connectivity index (χ3v) is 4.07. The standard InChI is InChI=1S/C21H13F3N4O/c22-14-6-4-13(5-7-14)20-26-19(21(29)25-17-3-1-2-16(24)12-17)27-28(20)18-10-8-15(23)9-11-18/h1-12H,(H,25,29). The van der Waals surface area contributed by atoms with E-state index in [1.807, 2.05) is 0 Å². The number of anilines is 1. The van der Waals surface area contributed by atoms with Gasteiger partial charge in [0.1, 0.15) is 17.5 Å². The van der Waals surface area contributed by atoms with Crippen LogP contribution >= 0.6 is 0 Å². The van der Waals surface area contributed by atoms with Crippen molar-refractivity contribution < 1.29 is 18.0 Å². The van der Waals surface area contributed by atoms with E-state index in [9.17, 15) is 18.0 Å². The number of nitrogens with zero attached hydrogens (tertiary/aromatic N) is 3. The maximum absolute atomic E-state index is 13.3. The molecule has 0 bridgehead atoms. The van der Waals surface area contributed by atoms with Gasteiger partial charge in [-0.1, -0.05) is 6.07 Å². The fraction of sp³-hybridized carbons (Fsp3) is 0. The molecule has 0 fully saturated rings. The highest BCUT2D eigenvalue weighted by Crippen LogP contribution is 2.22. The highest BCUT2D eigenvalue weighted by molar-refractivity contribution is 6.01. The predicted octanol–water partition coefficient (Wildman–Crippen LogP) is 4.60. The quantitative estimate of drug-likeness (QED) is 0.550. The Morgan fingerprint density at radius 1 is 0.828 bits per heavy atom. The van der Waals surface area contributed by atoms with Gasteiger partial charge in [0.25, 0.3) is 5.91 Å². The van der Waals surface area contributed by atoms with Crippen LogP contribution in [0.3, 0.4) is 0 Å². The number of carbonyl (C=O) groups is 1. The molecule has 0 saturated heterocycles. The van der Waals surface area contributed by atoms with Crippen LogP contribution in [0.25, 0.3) is 17.1 Å². The van der Waals surface area contributed by atoms with Gasteiger partial charge >= 0.3 is 0 Å². The molecule has 144 valence electrons. The van der Waals surface area contributed by atoms with Crippen LogP contribution in [0.2, 0.25) is 0 Å². The van der Waals surface area contributed by atoms with Crippen molar-refractivity contribution in [1.29, 1.82) is 0 Å². The Bertz CT molecular complexity index is 1110. The van der Waals surface area contributed by atoms with Crippen LogP contribution in [0.15, 0.2) is 72.8 Å². The van der Waals surface area contributed by atoms with Gasteiger partial charge in [-0.05, 0) is 66.7 Å². The van der Waals surface area contributed by atoms with E-state index in [1.54, 1.807) is 0 Å². The van der Waals surface area contributed by atoms with Crippen molar-refractivity contribution in [2.24, 2.45) is 0 Å². The molecule has 0 unspecified atom stereocenters. The lowest BCUT2D eigenvalue weighted by molar-refractivity contribution is 0.101. The second-order valence-corrected chi connectivity index (χ2v) is 6.12. The van der Waals surface area contributed by atoms with Crippen molar-refractivity contribution in [3.05, 3.63) is 96.1 Å². The third kappa shape index (κ3) is 4.01. The number of aromatic nitrogens is 3. The highest BCUT2D eigenvalue weighted by atomic mass is 19.1. The lowest BCUT2D eigenvalue weighted by Crippen LogP contribution is -2.14. The summed E-state index contributed by atoms with van der Waals surface area (Å²) in [7, 11) is 0. The summed E-state index contributed by atoms with van der Waals surface area (Å²) in [6, 6.07) is 16.3. The number of halogens is 3. The summed E-state index contributed by atoms with van der Waals surface area (Å²) in [5, 5.41) is 6.73. The van der Waals surface area contributed by atoms with Gasteiger partial charge in [-0.3, -0.25) is 4.79 Å². The summed E-state index contributed by atoms with van der Waals surface area (Å²) < 4.78 is 41.3. The van der Waals surface area contributed by atoms with Crippen molar-refractivity contribution in [1.82, 2.24) is 14.8 Å². The molecule has 0 saturated carbocycles. The molecular formula is C21H13F3N4O. The lowest BCUT2D eigenvalue weighted by Gasteiger charge is -2.05. The summed E-state index contributed by atoms with van der Waals surface area (Å²) in [6.07, 6.45) is 0. The molecule has 1 heterocycles. The molecule has 8 heteroatoms. The molecule has 0 atom stereocenters. The van der Waals surface area contributed by atoms with Gasteiger partial charge in [-0.15, -0.1) is 5.10 Å². The first kappa shape index (κ1) is 18.4. The molecule has 1 N–H and O–H groups in total. The van der Waals surface area contributed by atoms with Crippen molar-refractivity contribution in [3.8, 4) is 17.1 Å². The zero-order valence-corrected chi connectivity index (χ0v) is 14.8. The minimum absolute atomic E-state index is 0.182. The largest absolute Gasteiger partial charge is 0.319 e. The molecule has 1 aromatic heterocycles. The van der Waals surface area contributed by atoms with Crippen LogP contribution in [0.5, 0.6) is 0 Å². The first-order valence-corrected chi connectivity index (χ1v) is 8.55. The normalized spacial score (nSPS) is 10.7. The van der Waals surface area contributed by atoms with Crippen LogP contribution in [-0.2, 0) is 0 Å². The van der Waals surface area contributed by atoms with Gasteiger partial charge in [0.2, 0.25) is 5.82 Å². The van der Waals surface area contributed by atoms with E-state index in [4.69, 9.17) is 0 Å². The molecule has 0 aliphatic heterocycles. The van der Waals surface area contributed by atoms with E-state index >= 15 is 0 Å². The molecule has 5 nitrogen and oxygen atoms in total. The second-order valence-electron chi connectivity index (χ2n) is 6.12. The van der Waals surface area contributed by atoms with E-state index in [0.29, 0.717) is 11.3 Å². The Morgan fingerprint density at radius 2 is 1.48 bits per heavy atom. The smallest absolute Gasteiger partial charge is 0.295 e. The van der Waals surface area contributed by atoms with Crippen molar-refractivity contribution in [2.45, 2.75) is 0 Å². The van der Waals surface area contributed by atoms with Crippen LogP contribution in [0.4, 0.5) is 18.9 Å². The Morgan fingerprint density at radius 3 is 2.14 bits per heavy atom. The SMILES string of the molecule is O=C(Nc1cccc(F)c1)c1nc(-c2ccc(F)cc2)n(-c2ccc(F)cc2)n1. The summed E-state index contributed by atoms with van der Waals surface area (Å²) in [5.74, 6) is -1.93. The minimum Gasteiger partial charge on any atom is -0.319 e. The summed E-state index contributed by atoms with van der Waals surface area (Å²) >= 11 is 0. The van der Waals surface area contributed by atoms with E-state index in [2.05, 4.69) is 15.4 Å². The van der Waals surface area contributed by atoms with Crippen LogP contribution in [0.1, 0.15) is 10.6 Å². The molecule has 0 aliphatic carbocycles. The molecule has 29 heavy (non-hydrogen) atoms. The second kappa shape index (κ2) is 7.59. The van der Waals surface area contributed by atoms with E-state index in [-0.39, 0.29) is 17.3 Å². The van der Waals surface area contributed by atoms with Crippen molar-refractivity contribution in [3.63, 3.8) is 0 Å². The van der Waals surface area contributed by atoms with Gasteiger partial charge in [0.05, 0.1) is 5.69 Å². The van der Waals surface area contributed by atoms with Crippen LogP contribution in [0, 0.1) is 17.5 Å². The molecule has 3 aromatic carbocycles. The molecule has 4 rings (SSSR count). The Labute approximate surface area is 163 Å². The third-order valence-electron chi connectivity index (χ3n) is 4.07. The average molecular weight is 394 g/mol. The van der Waals surface area contributed by atoms with Gasteiger partial charge in [0, 0.05) is 11.3 Å². The zero-order valence-electron chi connectivity index (χ0n) is 14.8. The molecule has 4 aromatic rings. The van der Waals surface area contributed by atoms with Gasteiger partial charge in [-0.2, -0.15) is 0 Å². The number of benzene rings is 3. The monoisotopic (exact) mass is 394 g/mol. The van der Waals surface area contributed by atoms with Crippen molar-refractivity contribution in [2.75, 3.05) is 5.32 Å². The number of nitrogens with one attached hydrogen (secondary N) is 1. The Balaban J connectivity index is 1.75. The van der Waals surface area contributed by atoms with E-state index in [0.717, 1.165) is 6.07 Å². The number of hydrogen-bond donors (Lipinski definition) is 1. The molecule has 0 radical (unpaired) electrons. The van der Waals surface area contributed by atoms with Crippen molar-refractivity contribution >= 4 is 11.6 Å². The first-order chi connectivity index (χ1) is 14.0. The molecule has 0 aliphatic rings. The predicted molar refractivity (Wildman–Crippen MR) is 101 cm³/mol. The first-order valence-electron chi connectivity index (χ1n) is 8.55. The average Bonchev–Trinajstić information content (AvgIpc) is 3.15. The maximum atomic E-state index is 13.3. The topological polar surface area (TPSA) is 59.8 Å². The Kier molecular flexibility index (Phi) is 4.82. The fourth-order valence-corrected chi connectivity index (χ4v) is 2.71. The van der Waals surface area contributed by atoms with E-state index < -0.39 is 23.4 Å². The molecule has 1 amide bonds. The van der Waals surface area contributed by atoms with Gasteiger partial charge in [0.15, 0.2) is 5.82 Å². The Hall–Kier alpha value is -3.94. The number of rotatable bonds is 4. The summed E-state index contributed by atoms with van der Waals surface area (Å²) in [5.41, 5.74) is 1.22. The maximum Gasteiger partial charge on any atom is 0.295 e. The van der Waals surface area contributed by atoms with E-state index in [1.165, 1.54) is 71.4 Å². The molecule has 0 spiro atoms. The zero-order chi connectivity index (χ0) is 20.4. The number of amides is 1. The van der Waals surface area contributed by atoms with Crippen LogP contribution < -0.4 is 5.32 Å². The van der Waals surface area contributed by atoms with Crippen LogP contribution in [-0.4, -0.2) is 20.7 Å². The highest BCUT2D eigenvalue weighted by Gasteiger charge is 2.19. The minimum atomic E-state index is -0.653. The molecular weight excluding hydrogens is 381 g/mol. The number of hydrogen-bond acceptors (Lipinski definition) is 3. The number of carbonyl (C=O) groups excluding carboxylic acids is 1. The fourth-order valence-electron chi connectivity index (χ4n) is 2.71.